The molecule has 2 heterocycles. The smallest absolute Gasteiger partial charge is 0.287 e. The molecule has 0 aliphatic carbocycles. The Bertz CT molecular complexity index is 1110. The number of halogens is 1. The number of amides is 1. The first-order chi connectivity index (χ1) is 14.5. The van der Waals surface area contributed by atoms with E-state index in [9.17, 15) is 9.59 Å². The van der Waals surface area contributed by atoms with Gasteiger partial charge >= 0.3 is 0 Å². The van der Waals surface area contributed by atoms with Crippen LogP contribution >= 0.6 is 11.6 Å². The fraction of sp³-hybridized carbons (Fsp3) is 0.304. The summed E-state index contributed by atoms with van der Waals surface area (Å²) in [5.41, 5.74) is 1.95. The van der Waals surface area contributed by atoms with E-state index in [4.69, 9.17) is 20.8 Å². The first kappa shape index (κ1) is 20.6. The van der Waals surface area contributed by atoms with Gasteiger partial charge in [0, 0.05) is 30.7 Å². The van der Waals surface area contributed by atoms with Crippen LogP contribution in [-0.4, -0.2) is 43.7 Å². The van der Waals surface area contributed by atoms with Crippen LogP contribution < -0.4 is 10.7 Å². The lowest BCUT2D eigenvalue weighted by atomic mass is 10.0. The molecule has 1 aliphatic rings. The van der Waals surface area contributed by atoms with E-state index in [1.807, 2.05) is 25.1 Å². The third-order valence-corrected chi connectivity index (χ3v) is 5.77. The van der Waals surface area contributed by atoms with Crippen molar-refractivity contribution in [3.8, 4) is 0 Å². The number of ether oxygens (including phenoxy) is 1. The van der Waals surface area contributed by atoms with Crippen molar-refractivity contribution in [2.45, 2.75) is 13.0 Å². The van der Waals surface area contributed by atoms with Crippen molar-refractivity contribution in [1.82, 2.24) is 10.2 Å². The second-order valence-corrected chi connectivity index (χ2v) is 7.76. The van der Waals surface area contributed by atoms with E-state index in [1.165, 1.54) is 6.07 Å². The normalized spacial score (nSPS) is 15.8. The summed E-state index contributed by atoms with van der Waals surface area (Å²) in [7, 11) is 0. The monoisotopic (exact) mass is 426 g/mol. The summed E-state index contributed by atoms with van der Waals surface area (Å²) in [6.07, 6.45) is 0. The summed E-state index contributed by atoms with van der Waals surface area (Å²) < 4.78 is 11.2. The van der Waals surface area contributed by atoms with Crippen LogP contribution in [0.15, 0.2) is 57.7 Å². The molecule has 0 radical (unpaired) electrons. The van der Waals surface area contributed by atoms with Gasteiger partial charge in [-0.25, -0.2) is 0 Å². The van der Waals surface area contributed by atoms with Crippen molar-refractivity contribution in [1.29, 1.82) is 0 Å². The highest BCUT2D eigenvalue weighted by Gasteiger charge is 2.24. The largest absolute Gasteiger partial charge is 0.451 e. The molecule has 1 aromatic heterocycles. The van der Waals surface area contributed by atoms with E-state index in [1.54, 1.807) is 12.1 Å². The van der Waals surface area contributed by atoms with Crippen molar-refractivity contribution >= 4 is 28.5 Å². The van der Waals surface area contributed by atoms with Crippen LogP contribution in [0.2, 0.25) is 5.02 Å². The third kappa shape index (κ3) is 4.41. The molecule has 4 rings (SSSR count). The minimum absolute atomic E-state index is 0.00674. The molecule has 156 valence electrons. The lowest BCUT2D eigenvalue weighted by molar-refractivity contribution is 0.0161. The molecule has 1 saturated heterocycles. The number of benzene rings is 2. The van der Waals surface area contributed by atoms with Gasteiger partial charge in [-0.05, 0) is 30.2 Å². The van der Waals surface area contributed by atoms with Crippen molar-refractivity contribution in [3.05, 3.63) is 80.7 Å². The van der Waals surface area contributed by atoms with Gasteiger partial charge in [0.15, 0.2) is 11.2 Å². The SMILES string of the molecule is Cc1cc2oc(C(=O)NC[C@H](c3ccccc3)N3CCOCC3)cc(=O)c2cc1Cl. The lowest BCUT2D eigenvalue weighted by Crippen LogP contribution is -2.43. The van der Waals surface area contributed by atoms with Gasteiger partial charge in [0.05, 0.1) is 24.6 Å². The molecule has 1 fully saturated rings. The number of morpholine rings is 1. The number of hydrogen-bond acceptors (Lipinski definition) is 5. The van der Waals surface area contributed by atoms with E-state index in [0.717, 1.165) is 24.2 Å². The Morgan fingerprint density at radius 1 is 1.17 bits per heavy atom. The van der Waals surface area contributed by atoms with Crippen LogP contribution in [-0.2, 0) is 4.74 Å². The number of fused-ring (bicyclic) bond motifs is 1. The Kier molecular flexibility index (Phi) is 6.18. The molecule has 0 spiro atoms. The van der Waals surface area contributed by atoms with Gasteiger partial charge in [-0.2, -0.15) is 0 Å². The van der Waals surface area contributed by atoms with Crippen LogP contribution in [0.1, 0.15) is 27.7 Å². The number of carbonyl (C=O) groups excluding carboxylic acids is 1. The molecule has 0 bridgehead atoms. The second-order valence-electron chi connectivity index (χ2n) is 7.36. The maximum Gasteiger partial charge on any atom is 0.287 e. The summed E-state index contributed by atoms with van der Waals surface area (Å²) in [5.74, 6) is -0.432. The molecule has 1 N–H and O–H groups in total. The zero-order chi connectivity index (χ0) is 21.1. The van der Waals surface area contributed by atoms with Gasteiger partial charge in [-0.15, -0.1) is 0 Å². The zero-order valence-corrected chi connectivity index (χ0v) is 17.4. The van der Waals surface area contributed by atoms with Crippen LogP contribution in [0.3, 0.4) is 0 Å². The fourth-order valence-electron chi connectivity index (χ4n) is 3.69. The van der Waals surface area contributed by atoms with Crippen molar-refractivity contribution in [3.63, 3.8) is 0 Å². The van der Waals surface area contributed by atoms with E-state index < -0.39 is 5.91 Å². The molecular weight excluding hydrogens is 404 g/mol. The van der Waals surface area contributed by atoms with Crippen LogP contribution in [0, 0.1) is 6.92 Å². The molecule has 30 heavy (non-hydrogen) atoms. The molecule has 7 heteroatoms. The highest BCUT2D eigenvalue weighted by Crippen LogP contribution is 2.23. The average Bonchev–Trinajstić information content (AvgIpc) is 2.76. The number of carbonyl (C=O) groups is 1. The number of rotatable bonds is 5. The van der Waals surface area contributed by atoms with Crippen molar-refractivity contribution < 1.29 is 13.9 Å². The van der Waals surface area contributed by atoms with Crippen LogP contribution in [0.5, 0.6) is 0 Å². The standard InChI is InChI=1S/C23H23ClN2O4/c1-15-11-21-17(12-18(15)24)20(27)13-22(30-21)23(28)25-14-19(16-5-3-2-4-6-16)26-7-9-29-10-8-26/h2-6,11-13,19H,7-10,14H2,1H3,(H,25,28)/t19-/m1/s1. The van der Waals surface area contributed by atoms with E-state index >= 15 is 0 Å². The highest BCUT2D eigenvalue weighted by atomic mass is 35.5. The van der Waals surface area contributed by atoms with Gasteiger partial charge in [0.1, 0.15) is 5.58 Å². The van der Waals surface area contributed by atoms with Crippen LogP contribution in [0.4, 0.5) is 0 Å². The van der Waals surface area contributed by atoms with E-state index in [-0.39, 0.29) is 17.2 Å². The van der Waals surface area contributed by atoms with Gasteiger partial charge in [-0.1, -0.05) is 41.9 Å². The summed E-state index contributed by atoms with van der Waals surface area (Å²) >= 11 is 6.11. The highest BCUT2D eigenvalue weighted by molar-refractivity contribution is 6.32. The first-order valence-corrected chi connectivity index (χ1v) is 10.3. The van der Waals surface area contributed by atoms with E-state index in [0.29, 0.717) is 35.8 Å². The Balaban J connectivity index is 1.56. The molecular formula is C23H23ClN2O4. The Labute approximate surface area is 179 Å². The molecule has 3 aromatic rings. The second kappa shape index (κ2) is 9.00. The zero-order valence-electron chi connectivity index (χ0n) is 16.7. The molecule has 0 saturated carbocycles. The molecule has 1 atom stereocenters. The van der Waals surface area contributed by atoms with Gasteiger partial charge in [0.25, 0.3) is 5.91 Å². The molecule has 0 unspecified atom stereocenters. The Hall–Kier alpha value is -2.67. The molecule has 1 amide bonds. The summed E-state index contributed by atoms with van der Waals surface area (Å²) in [5, 5.41) is 3.78. The number of nitrogens with zero attached hydrogens (tertiary/aromatic N) is 1. The lowest BCUT2D eigenvalue weighted by Gasteiger charge is -2.34. The number of aryl methyl sites for hydroxylation is 1. The molecule has 1 aliphatic heterocycles. The van der Waals surface area contributed by atoms with Gasteiger partial charge < -0.3 is 14.5 Å². The summed E-state index contributed by atoms with van der Waals surface area (Å²) in [6.45, 7) is 5.13. The van der Waals surface area contributed by atoms with E-state index in [2.05, 4.69) is 22.3 Å². The first-order valence-electron chi connectivity index (χ1n) is 9.92. The number of hydrogen-bond donors (Lipinski definition) is 1. The van der Waals surface area contributed by atoms with Gasteiger partial charge in [0.2, 0.25) is 0 Å². The molecule has 6 nitrogen and oxygen atoms in total. The topological polar surface area (TPSA) is 71.8 Å². The Morgan fingerprint density at radius 2 is 1.90 bits per heavy atom. The minimum atomic E-state index is -0.421. The maximum absolute atomic E-state index is 12.8. The average molecular weight is 427 g/mol. The Morgan fingerprint density at radius 3 is 2.63 bits per heavy atom. The third-order valence-electron chi connectivity index (χ3n) is 5.36. The summed E-state index contributed by atoms with van der Waals surface area (Å²) in [6, 6.07) is 14.5. The maximum atomic E-state index is 12.8. The predicted octanol–water partition coefficient (Wildman–Crippen LogP) is 3.56. The van der Waals surface area contributed by atoms with Crippen LogP contribution in [0.25, 0.3) is 11.0 Å². The van der Waals surface area contributed by atoms with Crippen molar-refractivity contribution in [2.24, 2.45) is 0 Å². The van der Waals surface area contributed by atoms with Crippen molar-refractivity contribution in [2.75, 3.05) is 32.8 Å². The molecule has 2 aromatic carbocycles. The predicted molar refractivity (Wildman–Crippen MR) is 116 cm³/mol. The fourth-order valence-corrected chi connectivity index (χ4v) is 3.85. The summed E-state index contributed by atoms with van der Waals surface area (Å²) in [4.78, 5) is 27.5. The van der Waals surface area contributed by atoms with Gasteiger partial charge in [-0.3, -0.25) is 14.5 Å². The quantitative estimate of drug-likeness (QED) is 0.675. The minimum Gasteiger partial charge on any atom is -0.451 e. The number of nitrogens with one attached hydrogen (secondary N) is 1.